The van der Waals surface area contributed by atoms with E-state index in [2.05, 4.69) is 20.9 Å². The lowest BCUT2D eigenvalue weighted by atomic mass is 10.3. The molecule has 9 heavy (non-hydrogen) atoms. The maximum absolute atomic E-state index is 5.70. The maximum Gasteiger partial charge on any atom is 0.124 e. The van der Waals surface area contributed by atoms with Gasteiger partial charge in [0.15, 0.2) is 0 Å². The van der Waals surface area contributed by atoms with E-state index in [0.717, 1.165) is 5.56 Å². The van der Waals surface area contributed by atoms with Crippen LogP contribution in [0.25, 0.3) is 0 Å². The molecule has 0 bridgehead atoms. The molecule has 1 aromatic heterocycles. The molecule has 0 radical (unpaired) electrons. The van der Waals surface area contributed by atoms with Crippen LogP contribution in [0.5, 0.6) is 0 Å². The van der Waals surface area contributed by atoms with E-state index in [1.54, 1.807) is 6.20 Å². The van der Waals surface area contributed by atoms with Crippen LogP contribution in [0, 0.1) is 6.92 Å². The molecule has 1 aromatic rings. The van der Waals surface area contributed by atoms with Crippen LogP contribution >= 0.6 is 27.5 Å². The highest BCUT2D eigenvalue weighted by molar-refractivity contribution is 9.10. The van der Waals surface area contributed by atoms with Crippen molar-refractivity contribution in [2.75, 3.05) is 0 Å². The fourth-order valence-electron chi connectivity index (χ4n) is 0.517. The van der Waals surface area contributed by atoms with Gasteiger partial charge in [0.25, 0.3) is 0 Å². The summed E-state index contributed by atoms with van der Waals surface area (Å²) in [6.07, 6.45) is 1.76. The predicted octanol–water partition coefficient (Wildman–Crippen LogP) is 2.81. The van der Waals surface area contributed by atoms with Crippen molar-refractivity contribution in [2.45, 2.75) is 6.92 Å². The first-order valence-corrected chi connectivity index (χ1v) is 3.65. The zero-order chi connectivity index (χ0) is 6.85. The lowest BCUT2D eigenvalue weighted by Crippen LogP contribution is -1.77. The Labute approximate surface area is 67.2 Å². The minimum Gasteiger partial charge on any atom is -0.248 e. The Morgan fingerprint density at radius 1 is 1.67 bits per heavy atom. The van der Waals surface area contributed by atoms with Gasteiger partial charge in [0.05, 0.1) is 5.02 Å². The zero-order valence-electron chi connectivity index (χ0n) is 4.86. The fourth-order valence-corrected chi connectivity index (χ4v) is 0.955. The Morgan fingerprint density at radius 3 is 2.78 bits per heavy atom. The average molecular weight is 206 g/mol. The van der Waals surface area contributed by atoms with Gasteiger partial charge in [-0.05, 0) is 34.5 Å². The predicted molar refractivity (Wildman–Crippen MR) is 41.7 cm³/mol. The second kappa shape index (κ2) is 2.67. The van der Waals surface area contributed by atoms with E-state index >= 15 is 0 Å². The van der Waals surface area contributed by atoms with E-state index in [0.29, 0.717) is 9.63 Å². The second-order valence-electron chi connectivity index (χ2n) is 1.79. The lowest BCUT2D eigenvalue weighted by molar-refractivity contribution is 1.23. The van der Waals surface area contributed by atoms with Gasteiger partial charge in [-0.3, -0.25) is 0 Å². The fraction of sp³-hybridized carbons (Fsp3) is 0.167. The van der Waals surface area contributed by atoms with Crippen LogP contribution in [0.2, 0.25) is 5.02 Å². The number of halogens is 2. The van der Waals surface area contributed by atoms with Crippen LogP contribution in [0.4, 0.5) is 0 Å². The first-order valence-electron chi connectivity index (χ1n) is 2.48. The quantitative estimate of drug-likeness (QED) is 0.595. The molecule has 1 nitrogen and oxygen atoms in total. The SMILES string of the molecule is Cc1cnc(Br)c(Cl)c1. The molecule has 0 N–H and O–H groups in total. The molecule has 0 aliphatic heterocycles. The molecule has 0 atom stereocenters. The molecule has 0 unspecified atom stereocenters. The summed E-state index contributed by atoms with van der Waals surface area (Å²) in [6.45, 7) is 1.95. The number of aryl methyl sites for hydroxylation is 1. The van der Waals surface area contributed by atoms with Gasteiger partial charge in [-0.25, -0.2) is 4.98 Å². The van der Waals surface area contributed by atoms with Crippen molar-refractivity contribution in [3.63, 3.8) is 0 Å². The van der Waals surface area contributed by atoms with Gasteiger partial charge in [0.2, 0.25) is 0 Å². The molecule has 0 aliphatic carbocycles. The number of rotatable bonds is 0. The summed E-state index contributed by atoms with van der Waals surface area (Å²) in [6, 6.07) is 1.86. The number of nitrogens with zero attached hydrogens (tertiary/aromatic N) is 1. The second-order valence-corrected chi connectivity index (χ2v) is 2.94. The Balaban J connectivity index is 3.17. The summed E-state index contributed by atoms with van der Waals surface area (Å²) in [5.74, 6) is 0. The highest BCUT2D eigenvalue weighted by Crippen LogP contribution is 2.19. The van der Waals surface area contributed by atoms with Crippen LogP contribution in [0.3, 0.4) is 0 Å². The molecular weight excluding hydrogens is 201 g/mol. The third-order valence-electron chi connectivity index (χ3n) is 0.933. The zero-order valence-corrected chi connectivity index (χ0v) is 7.20. The number of pyridine rings is 1. The van der Waals surface area contributed by atoms with Crippen molar-refractivity contribution in [1.82, 2.24) is 4.98 Å². The third kappa shape index (κ3) is 1.66. The van der Waals surface area contributed by atoms with Gasteiger partial charge in [0.1, 0.15) is 4.60 Å². The van der Waals surface area contributed by atoms with Crippen LogP contribution in [0.15, 0.2) is 16.9 Å². The lowest BCUT2D eigenvalue weighted by Gasteiger charge is -1.93. The minimum atomic E-state index is 0.662. The van der Waals surface area contributed by atoms with E-state index in [1.807, 2.05) is 13.0 Å². The van der Waals surface area contributed by atoms with Crippen molar-refractivity contribution >= 4 is 27.5 Å². The normalized spacial score (nSPS) is 9.67. The van der Waals surface area contributed by atoms with E-state index in [4.69, 9.17) is 11.6 Å². The Morgan fingerprint density at radius 2 is 2.33 bits per heavy atom. The van der Waals surface area contributed by atoms with Crippen LogP contribution in [-0.2, 0) is 0 Å². The van der Waals surface area contributed by atoms with E-state index in [9.17, 15) is 0 Å². The molecular formula is C6H5BrClN. The molecule has 0 saturated carbocycles. The average Bonchev–Trinajstić information content (AvgIpc) is 1.80. The van der Waals surface area contributed by atoms with Gasteiger partial charge < -0.3 is 0 Å². The summed E-state index contributed by atoms with van der Waals surface area (Å²) >= 11 is 8.89. The Hall–Kier alpha value is -0.0800. The molecule has 0 aliphatic rings. The van der Waals surface area contributed by atoms with Crippen molar-refractivity contribution in [3.8, 4) is 0 Å². The van der Waals surface area contributed by atoms with Crippen molar-refractivity contribution < 1.29 is 0 Å². The van der Waals surface area contributed by atoms with Crippen molar-refractivity contribution in [1.29, 1.82) is 0 Å². The topological polar surface area (TPSA) is 12.9 Å². The van der Waals surface area contributed by atoms with Crippen LogP contribution in [0.1, 0.15) is 5.56 Å². The molecule has 1 heterocycles. The van der Waals surface area contributed by atoms with Crippen LogP contribution < -0.4 is 0 Å². The largest absolute Gasteiger partial charge is 0.248 e. The van der Waals surface area contributed by atoms with Gasteiger partial charge in [-0.1, -0.05) is 11.6 Å². The molecule has 3 heteroatoms. The third-order valence-corrected chi connectivity index (χ3v) is 2.08. The van der Waals surface area contributed by atoms with Crippen molar-refractivity contribution in [2.24, 2.45) is 0 Å². The smallest absolute Gasteiger partial charge is 0.124 e. The van der Waals surface area contributed by atoms with E-state index in [1.165, 1.54) is 0 Å². The Bertz CT molecular complexity index is 224. The molecule has 0 saturated heterocycles. The van der Waals surface area contributed by atoms with Gasteiger partial charge in [-0.15, -0.1) is 0 Å². The molecule has 0 spiro atoms. The Kier molecular flexibility index (Phi) is 2.09. The molecule has 48 valence electrons. The van der Waals surface area contributed by atoms with Crippen molar-refractivity contribution in [3.05, 3.63) is 27.5 Å². The first-order chi connectivity index (χ1) is 4.20. The summed E-state index contributed by atoms with van der Waals surface area (Å²) in [5, 5.41) is 0.662. The molecule has 1 rings (SSSR count). The first kappa shape index (κ1) is 7.03. The highest BCUT2D eigenvalue weighted by atomic mass is 79.9. The number of hydrogen-bond donors (Lipinski definition) is 0. The highest BCUT2D eigenvalue weighted by Gasteiger charge is 1.94. The van der Waals surface area contributed by atoms with E-state index < -0.39 is 0 Å². The van der Waals surface area contributed by atoms with Gasteiger partial charge in [0, 0.05) is 6.20 Å². The number of hydrogen-bond acceptors (Lipinski definition) is 1. The van der Waals surface area contributed by atoms with Gasteiger partial charge >= 0.3 is 0 Å². The summed E-state index contributed by atoms with van der Waals surface area (Å²) < 4.78 is 0.703. The standard InChI is InChI=1S/C6H5BrClN/c1-4-2-5(8)6(7)9-3-4/h2-3H,1H3. The molecule has 0 amide bonds. The summed E-state index contributed by atoms with van der Waals surface area (Å²) in [5.41, 5.74) is 1.07. The van der Waals surface area contributed by atoms with E-state index in [-0.39, 0.29) is 0 Å². The maximum atomic E-state index is 5.70. The minimum absolute atomic E-state index is 0.662. The molecule has 0 fully saturated rings. The number of aromatic nitrogens is 1. The molecule has 0 aromatic carbocycles. The monoisotopic (exact) mass is 205 g/mol. The van der Waals surface area contributed by atoms with Crippen LogP contribution in [-0.4, -0.2) is 4.98 Å². The van der Waals surface area contributed by atoms with Gasteiger partial charge in [-0.2, -0.15) is 0 Å². The summed E-state index contributed by atoms with van der Waals surface area (Å²) in [7, 11) is 0. The summed E-state index contributed by atoms with van der Waals surface area (Å²) in [4.78, 5) is 3.96.